The van der Waals surface area contributed by atoms with Crippen LogP contribution in [0.1, 0.15) is 75.8 Å². The first-order valence-corrected chi connectivity index (χ1v) is 23.2. The zero-order valence-electron chi connectivity index (χ0n) is 33.2. The summed E-state index contributed by atoms with van der Waals surface area (Å²) in [4.78, 5) is 17.3. The van der Waals surface area contributed by atoms with E-state index >= 15 is 0 Å². The molecule has 10 heterocycles. The highest BCUT2D eigenvalue weighted by atomic mass is 15.5. The lowest BCUT2D eigenvalue weighted by Crippen LogP contribution is -2.75. The van der Waals surface area contributed by atoms with Crippen molar-refractivity contribution in [3.63, 3.8) is 0 Å². The molecule has 14 rings (SSSR count). The lowest BCUT2D eigenvalue weighted by molar-refractivity contribution is 0.0179. The maximum atomic E-state index is 5.19. The fourth-order valence-electron chi connectivity index (χ4n) is 16.4. The summed E-state index contributed by atoms with van der Waals surface area (Å²) < 4.78 is 0. The Morgan fingerprint density at radius 3 is 1.86 bits per heavy atom. The molecule has 11 aliphatic rings. The molecule has 57 heavy (non-hydrogen) atoms. The highest BCUT2D eigenvalue weighted by molar-refractivity contribution is 6.65. The predicted molar refractivity (Wildman–Crippen MR) is 227 cm³/mol. The molecule has 0 bridgehead atoms. The summed E-state index contributed by atoms with van der Waals surface area (Å²) >= 11 is 0. The number of aromatic nitrogens is 1. The first-order chi connectivity index (χ1) is 28.3. The van der Waals surface area contributed by atoms with Gasteiger partial charge >= 0.3 is 0 Å². The molecule has 0 amide bonds. The number of piperidine rings is 3. The molecule has 2 aliphatic carbocycles. The number of nitrogens with one attached hydrogen (secondary N) is 3. The average Bonchev–Trinajstić information content (AvgIpc) is 4.00. The molecule has 1 aromatic heterocycles. The number of rotatable bonds is 3. The van der Waals surface area contributed by atoms with Crippen LogP contribution in [0.25, 0.3) is 0 Å². The smallest absolute Gasteiger partial charge is 0.159 e. The maximum absolute atomic E-state index is 5.19. The second kappa shape index (κ2) is 12.4. The van der Waals surface area contributed by atoms with E-state index in [1.807, 2.05) is 5.57 Å². The van der Waals surface area contributed by atoms with Crippen LogP contribution in [-0.4, -0.2) is 89.6 Å². The number of hydrogen-bond donors (Lipinski definition) is 3. The molecular formula is C48H57BN8. The molecule has 0 radical (unpaired) electrons. The third kappa shape index (κ3) is 4.34. The Morgan fingerprint density at radius 1 is 0.561 bits per heavy atom. The van der Waals surface area contributed by atoms with Gasteiger partial charge in [-0.3, -0.25) is 10.3 Å². The third-order valence-corrected chi connectivity index (χ3v) is 17.8. The number of benzene rings is 2. The number of nitrogens with zero attached hydrogens (tertiary/aromatic N) is 5. The molecule has 14 atom stereocenters. The van der Waals surface area contributed by atoms with E-state index in [-0.39, 0.29) is 0 Å². The lowest BCUT2D eigenvalue weighted by atomic mass is 9.19. The van der Waals surface area contributed by atoms with Crippen LogP contribution in [0.5, 0.6) is 0 Å². The van der Waals surface area contributed by atoms with Crippen molar-refractivity contribution >= 4 is 18.1 Å². The minimum atomic E-state index is 0.339. The van der Waals surface area contributed by atoms with Crippen molar-refractivity contribution in [3.8, 4) is 0 Å². The predicted octanol–water partition coefficient (Wildman–Crippen LogP) is 6.77. The molecule has 0 spiro atoms. The van der Waals surface area contributed by atoms with Gasteiger partial charge in [-0.15, -0.1) is 0 Å². The zero-order chi connectivity index (χ0) is 36.9. The number of pyridine rings is 1. The van der Waals surface area contributed by atoms with Crippen molar-refractivity contribution in [1.82, 2.24) is 30.7 Å². The highest BCUT2D eigenvalue weighted by Crippen LogP contribution is 2.68. The topological polar surface area (TPSA) is 61.9 Å². The minimum absolute atomic E-state index is 0.339. The van der Waals surface area contributed by atoms with Crippen molar-refractivity contribution in [2.45, 2.75) is 136 Å². The van der Waals surface area contributed by atoms with E-state index in [0.717, 1.165) is 31.4 Å². The molecule has 8 nitrogen and oxygen atoms in total. The SMILES string of the molecule is c1ccc(N2C3=C(C4CCCCC42)C2NCCC4B5C6CCNC7C8=C(N(c9ccccc9)C9NCCCC89)N(C8CC(c9ccccn9)CC(C58)N3C42)C67)cc1. The first kappa shape index (κ1) is 33.1. The van der Waals surface area contributed by atoms with Gasteiger partial charge in [-0.2, -0.15) is 0 Å². The molecule has 7 fully saturated rings. The van der Waals surface area contributed by atoms with E-state index in [9.17, 15) is 0 Å². The van der Waals surface area contributed by atoms with Gasteiger partial charge in [0, 0.05) is 71.2 Å². The van der Waals surface area contributed by atoms with Crippen molar-refractivity contribution < 1.29 is 0 Å². The summed E-state index contributed by atoms with van der Waals surface area (Å²) in [5, 5.41) is 12.7. The van der Waals surface area contributed by atoms with E-state index in [0.29, 0.717) is 72.0 Å². The lowest BCUT2D eigenvalue weighted by Gasteiger charge is -2.68. The van der Waals surface area contributed by atoms with E-state index < -0.39 is 0 Å². The average molecular weight is 757 g/mol. The van der Waals surface area contributed by atoms with Gasteiger partial charge in [0.15, 0.2) is 6.71 Å². The van der Waals surface area contributed by atoms with Crippen molar-refractivity contribution in [2.75, 3.05) is 29.4 Å². The quantitative estimate of drug-likeness (QED) is 0.254. The van der Waals surface area contributed by atoms with E-state index in [1.54, 1.807) is 17.2 Å². The third-order valence-electron chi connectivity index (χ3n) is 17.8. The Balaban J connectivity index is 0.975. The first-order valence-electron chi connectivity index (χ1n) is 23.2. The van der Waals surface area contributed by atoms with Crippen molar-refractivity contribution in [3.05, 3.63) is 114 Å². The van der Waals surface area contributed by atoms with Gasteiger partial charge in [0.05, 0.1) is 18.2 Å². The van der Waals surface area contributed by atoms with Gasteiger partial charge in [-0.1, -0.05) is 55.3 Å². The monoisotopic (exact) mass is 756 g/mol. The fraction of sp³-hybridized carbons (Fsp3) is 0.562. The largest absolute Gasteiger partial charge is 0.351 e. The van der Waals surface area contributed by atoms with Crippen LogP contribution in [0.2, 0.25) is 17.5 Å². The summed E-state index contributed by atoms with van der Waals surface area (Å²) in [6.45, 7) is 4.20. The summed E-state index contributed by atoms with van der Waals surface area (Å²) in [7, 11) is 0. The Bertz CT molecular complexity index is 2000. The Labute approximate surface area is 338 Å². The summed E-state index contributed by atoms with van der Waals surface area (Å²) in [5.41, 5.74) is 7.66. The van der Waals surface area contributed by atoms with E-state index in [2.05, 4.69) is 121 Å². The second-order valence-corrected chi connectivity index (χ2v) is 19.9. The molecule has 292 valence electrons. The number of fused-ring (bicyclic) bond motifs is 12. The summed E-state index contributed by atoms with van der Waals surface area (Å²) in [6, 6.07) is 33.5. The molecule has 3 N–H and O–H groups in total. The van der Waals surface area contributed by atoms with E-state index in [4.69, 9.17) is 4.98 Å². The molecule has 9 heteroatoms. The Hall–Kier alpha value is -3.79. The van der Waals surface area contributed by atoms with E-state index in [1.165, 1.54) is 87.8 Å². The Morgan fingerprint density at radius 2 is 1.18 bits per heavy atom. The van der Waals surface area contributed by atoms with Crippen LogP contribution in [0.4, 0.5) is 11.4 Å². The van der Waals surface area contributed by atoms with Crippen molar-refractivity contribution in [1.29, 1.82) is 0 Å². The van der Waals surface area contributed by atoms with Gasteiger partial charge < -0.3 is 30.2 Å². The van der Waals surface area contributed by atoms with Gasteiger partial charge in [0.2, 0.25) is 0 Å². The van der Waals surface area contributed by atoms with Crippen LogP contribution in [-0.2, 0) is 0 Å². The zero-order valence-corrected chi connectivity index (χ0v) is 33.2. The normalized spacial score (nSPS) is 42.0. The number of para-hydroxylation sites is 2. The van der Waals surface area contributed by atoms with Crippen LogP contribution in [0, 0.1) is 11.8 Å². The van der Waals surface area contributed by atoms with Crippen LogP contribution >= 0.6 is 0 Å². The van der Waals surface area contributed by atoms with Crippen LogP contribution in [0.15, 0.2) is 108 Å². The van der Waals surface area contributed by atoms with Crippen LogP contribution in [0.3, 0.4) is 0 Å². The second-order valence-electron chi connectivity index (χ2n) is 19.9. The standard InChI is InChI=1S/C48H57BN8/c1-3-12-29(13-4-1)54-36-19-8-7-16-31(36)39-42-44-33(20-24-51-42)49-34-21-25-52-43-40-32-17-11-23-53-46(32)55(30-14-5-2-6-15-30)48(40)57(45(34)43)38-27-28(35-18-9-10-22-50-35)26-37(41(38)49)56(44)47(39)54/h1-6,9-10,12-15,18,22,28,31-34,36-38,41-46,51-53H,7-8,11,16-17,19-21,23-27H2. The maximum Gasteiger partial charge on any atom is 0.159 e. The molecule has 2 saturated carbocycles. The molecule has 2 aromatic carbocycles. The van der Waals surface area contributed by atoms with Gasteiger partial charge in [0.25, 0.3) is 0 Å². The number of anilines is 2. The molecule has 3 aromatic rings. The minimum Gasteiger partial charge on any atom is -0.351 e. The molecule has 14 unspecified atom stereocenters. The molecule has 5 saturated heterocycles. The number of hydrogen-bond acceptors (Lipinski definition) is 8. The highest BCUT2D eigenvalue weighted by Gasteiger charge is 2.72. The van der Waals surface area contributed by atoms with Crippen LogP contribution < -0.4 is 25.8 Å². The molecular weight excluding hydrogens is 699 g/mol. The molecule has 9 aliphatic heterocycles. The Kier molecular flexibility index (Phi) is 7.18. The fourth-order valence-corrected chi connectivity index (χ4v) is 16.4. The van der Waals surface area contributed by atoms with Crippen molar-refractivity contribution in [2.24, 2.45) is 11.8 Å². The van der Waals surface area contributed by atoms with Gasteiger partial charge in [0.1, 0.15) is 11.6 Å². The summed E-state index contributed by atoms with van der Waals surface area (Å²) in [5.74, 6) is 6.98. The van der Waals surface area contributed by atoms with Gasteiger partial charge in [-0.05, 0) is 136 Å². The summed E-state index contributed by atoms with van der Waals surface area (Å²) in [6.07, 6.45) is 15.4. The van der Waals surface area contributed by atoms with Gasteiger partial charge in [-0.25, -0.2) is 0 Å².